The molecule has 0 bridgehead atoms. The molecule has 1 fully saturated rings. The Balaban J connectivity index is 1.66. The second-order valence-corrected chi connectivity index (χ2v) is 7.63. The van der Waals surface area contributed by atoms with Gasteiger partial charge < -0.3 is 34.4 Å². The first-order valence-corrected chi connectivity index (χ1v) is 10.0. The van der Waals surface area contributed by atoms with Crippen LogP contribution in [-0.4, -0.2) is 54.8 Å². The summed E-state index contributed by atoms with van der Waals surface area (Å²) in [6, 6.07) is 6.36. The van der Waals surface area contributed by atoms with Gasteiger partial charge in [0.25, 0.3) is 0 Å². The Morgan fingerprint density at radius 3 is 2.80 bits per heavy atom. The molecule has 160 valence electrons. The van der Waals surface area contributed by atoms with Crippen LogP contribution < -0.4 is 5.49 Å². The van der Waals surface area contributed by atoms with E-state index < -0.39 is 30.6 Å². The van der Waals surface area contributed by atoms with E-state index in [-0.39, 0.29) is 5.02 Å². The predicted octanol–water partition coefficient (Wildman–Crippen LogP) is 1.88. The minimum absolute atomic E-state index is 0.264. The quantitative estimate of drug-likeness (QED) is 0.436. The summed E-state index contributed by atoms with van der Waals surface area (Å²) in [4.78, 5) is 12.3. The number of hydrogen-bond donors (Lipinski definition) is 4. The number of halogens is 2. The van der Waals surface area contributed by atoms with Crippen molar-refractivity contribution in [3.63, 3.8) is 0 Å². The highest BCUT2D eigenvalue weighted by Gasteiger charge is 2.47. The lowest BCUT2D eigenvalue weighted by Crippen LogP contribution is -2.34. The van der Waals surface area contributed by atoms with Gasteiger partial charge in [-0.05, 0) is 30.7 Å². The predicted molar refractivity (Wildman–Crippen MR) is 109 cm³/mol. The number of H-pyrrole nitrogens is 1. The van der Waals surface area contributed by atoms with E-state index in [1.54, 1.807) is 29.0 Å². The lowest BCUT2D eigenvalue weighted by Gasteiger charge is -2.21. The fraction of sp³-hybridized carbons (Fsp3) is 0.368. The zero-order valence-electron chi connectivity index (χ0n) is 15.8. The minimum atomic E-state index is -1.35. The second-order valence-electron chi connectivity index (χ2n) is 6.81. The Morgan fingerprint density at radius 1 is 1.27 bits per heavy atom. The van der Waals surface area contributed by atoms with E-state index in [0.717, 1.165) is 0 Å². The van der Waals surface area contributed by atoms with E-state index in [1.165, 1.54) is 12.4 Å². The summed E-state index contributed by atoms with van der Waals surface area (Å²) in [5.41, 5.74) is 1.33. The third-order valence-electron chi connectivity index (χ3n) is 4.96. The van der Waals surface area contributed by atoms with Gasteiger partial charge in [-0.3, -0.25) is 0 Å². The summed E-state index contributed by atoms with van der Waals surface area (Å²) in [6.07, 6.45) is -2.86. The lowest BCUT2D eigenvalue weighted by molar-refractivity contribution is -0.0848. The van der Waals surface area contributed by atoms with Gasteiger partial charge in [0.1, 0.15) is 36.7 Å². The molecular weight excluding hydrogens is 435 g/mol. The van der Waals surface area contributed by atoms with Gasteiger partial charge in [-0.1, -0.05) is 34.4 Å². The van der Waals surface area contributed by atoms with Gasteiger partial charge in [0.05, 0.1) is 21.8 Å². The zero-order valence-corrected chi connectivity index (χ0v) is 17.3. The molecule has 4 N–H and O–H groups in total. The third kappa shape index (κ3) is 3.68. The molecule has 1 aliphatic rings. The van der Waals surface area contributed by atoms with E-state index in [2.05, 4.69) is 15.1 Å². The molecule has 1 saturated heterocycles. The second kappa shape index (κ2) is 8.54. The molecule has 30 heavy (non-hydrogen) atoms. The van der Waals surface area contributed by atoms with Crippen LogP contribution in [0.5, 0.6) is 0 Å². The van der Waals surface area contributed by atoms with Gasteiger partial charge in [0.2, 0.25) is 0 Å². The zero-order chi connectivity index (χ0) is 21.4. The highest BCUT2D eigenvalue weighted by Crippen LogP contribution is 2.38. The highest BCUT2D eigenvalue weighted by atomic mass is 35.5. The fourth-order valence-corrected chi connectivity index (χ4v) is 3.77. The standard InChI is InChI=1S/C19H20Cl2N4O5/c1-2-29-24-17-10-5-6-25(18(10)23-8-22-17)19-15(28)14(27)16(30-19)13(26)9-3-4-11(20)12(21)7-9/h3-8,13-16,19,26-28H,2H2,1H3,(H,22,23,24)/t13?,14-,15+,16+,19+/m0/s1. The maximum Gasteiger partial charge on any atom is 0.181 e. The van der Waals surface area contributed by atoms with Crippen molar-refractivity contribution in [3.05, 3.63) is 57.9 Å². The van der Waals surface area contributed by atoms with Gasteiger partial charge in [-0.2, -0.15) is 0 Å². The van der Waals surface area contributed by atoms with Crippen LogP contribution in [-0.2, 0) is 9.57 Å². The summed E-state index contributed by atoms with van der Waals surface area (Å²) in [7, 11) is 0. The van der Waals surface area contributed by atoms with Gasteiger partial charge in [0.15, 0.2) is 11.7 Å². The molecule has 3 heterocycles. The smallest absolute Gasteiger partial charge is 0.181 e. The number of aliphatic hydroxyl groups is 3. The topological polar surface area (TPSA) is 125 Å². The molecule has 0 radical (unpaired) electrons. The van der Waals surface area contributed by atoms with E-state index in [0.29, 0.717) is 33.7 Å². The molecule has 1 unspecified atom stereocenters. The van der Waals surface area contributed by atoms with E-state index >= 15 is 0 Å². The van der Waals surface area contributed by atoms with Crippen molar-refractivity contribution in [2.45, 2.75) is 37.6 Å². The molecule has 0 aliphatic carbocycles. The molecule has 0 spiro atoms. The minimum Gasteiger partial charge on any atom is -0.394 e. The van der Waals surface area contributed by atoms with Crippen molar-refractivity contribution >= 4 is 34.2 Å². The largest absolute Gasteiger partial charge is 0.394 e. The van der Waals surface area contributed by atoms with E-state index in [4.69, 9.17) is 32.8 Å². The molecule has 0 amide bonds. The van der Waals surface area contributed by atoms with Crippen LogP contribution in [0.1, 0.15) is 24.8 Å². The molecule has 9 nitrogen and oxygen atoms in total. The first kappa shape index (κ1) is 21.1. The molecule has 3 aromatic rings. The monoisotopic (exact) mass is 454 g/mol. The number of fused-ring (bicyclic) bond motifs is 1. The van der Waals surface area contributed by atoms with Crippen molar-refractivity contribution in [3.8, 4) is 0 Å². The molecule has 1 aromatic carbocycles. The van der Waals surface area contributed by atoms with Crippen LogP contribution in [0, 0.1) is 0 Å². The van der Waals surface area contributed by atoms with Crippen LogP contribution in [0.25, 0.3) is 11.0 Å². The molecule has 1 aliphatic heterocycles. The first-order valence-electron chi connectivity index (χ1n) is 9.27. The molecule has 11 heteroatoms. The average molecular weight is 455 g/mol. The number of nitrogens with one attached hydrogen (secondary N) is 1. The van der Waals surface area contributed by atoms with E-state index in [1.807, 2.05) is 6.92 Å². The number of aromatic amines is 1. The Hall–Kier alpha value is -2.14. The van der Waals surface area contributed by atoms with Gasteiger partial charge in [-0.25, -0.2) is 4.98 Å². The normalized spacial score (nSPS) is 25.7. The summed E-state index contributed by atoms with van der Waals surface area (Å²) in [5, 5.41) is 37.2. The number of aromatic nitrogens is 3. The van der Waals surface area contributed by atoms with Gasteiger partial charge in [-0.15, -0.1) is 0 Å². The number of nitrogens with zero attached hydrogens (tertiary/aromatic N) is 3. The average Bonchev–Trinajstić information content (AvgIpc) is 3.30. The highest BCUT2D eigenvalue weighted by molar-refractivity contribution is 6.42. The summed E-state index contributed by atoms with van der Waals surface area (Å²) in [6.45, 7) is 2.22. The van der Waals surface area contributed by atoms with Crippen molar-refractivity contribution in [2.24, 2.45) is 5.16 Å². The summed E-state index contributed by atoms with van der Waals surface area (Å²) >= 11 is 11.9. The number of ether oxygens (including phenoxy) is 1. The molecular formula is C19H20Cl2N4O5. The SMILES string of the molecule is CCON=c1[nH]cnc2c1ccn2[C@@H]1O[C@H](C(O)c2ccc(Cl)c(Cl)c2)[C@@H](O)[C@H]1O. The number of rotatable bonds is 5. The van der Waals surface area contributed by atoms with Crippen molar-refractivity contribution < 1.29 is 24.9 Å². The number of hydrogen-bond acceptors (Lipinski definition) is 7. The molecule has 5 atom stereocenters. The van der Waals surface area contributed by atoms with Crippen molar-refractivity contribution in [1.29, 1.82) is 0 Å². The fourth-order valence-electron chi connectivity index (χ4n) is 3.46. The summed E-state index contributed by atoms with van der Waals surface area (Å²) < 4.78 is 7.44. The Kier molecular flexibility index (Phi) is 6.01. The summed E-state index contributed by atoms with van der Waals surface area (Å²) in [5.74, 6) is 0. The van der Waals surface area contributed by atoms with Crippen LogP contribution >= 0.6 is 23.2 Å². The van der Waals surface area contributed by atoms with Crippen molar-refractivity contribution in [1.82, 2.24) is 14.5 Å². The van der Waals surface area contributed by atoms with Gasteiger partial charge >= 0.3 is 0 Å². The molecule has 4 rings (SSSR count). The molecule has 0 saturated carbocycles. The van der Waals surface area contributed by atoms with Crippen LogP contribution in [0.4, 0.5) is 0 Å². The van der Waals surface area contributed by atoms with Crippen LogP contribution in [0.3, 0.4) is 0 Å². The van der Waals surface area contributed by atoms with Gasteiger partial charge in [0, 0.05) is 6.20 Å². The van der Waals surface area contributed by atoms with Crippen LogP contribution in [0.2, 0.25) is 10.0 Å². The first-order chi connectivity index (χ1) is 14.4. The Bertz CT molecular complexity index is 1120. The van der Waals surface area contributed by atoms with Crippen molar-refractivity contribution in [2.75, 3.05) is 6.61 Å². The third-order valence-corrected chi connectivity index (χ3v) is 5.70. The van der Waals surface area contributed by atoms with Crippen LogP contribution in [0.15, 0.2) is 41.9 Å². The number of aliphatic hydroxyl groups excluding tert-OH is 3. The Labute approximate surface area is 181 Å². The molecule has 2 aromatic heterocycles. The number of benzene rings is 1. The maximum atomic E-state index is 10.7. The lowest BCUT2D eigenvalue weighted by atomic mass is 9.99. The van der Waals surface area contributed by atoms with E-state index in [9.17, 15) is 15.3 Å². The maximum absolute atomic E-state index is 10.7. The Morgan fingerprint density at radius 2 is 2.07 bits per heavy atom.